The van der Waals surface area contributed by atoms with Gasteiger partial charge in [-0.15, -0.1) is 5.10 Å². The van der Waals surface area contributed by atoms with Gasteiger partial charge in [-0.25, -0.2) is 8.78 Å². The van der Waals surface area contributed by atoms with Crippen molar-refractivity contribution in [1.82, 2.24) is 9.78 Å². The zero-order valence-electron chi connectivity index (χ0n) is 16.8. The van der Waals surface area contributed by atoms with Gasteiger partial charge in [0.25, 0.3) is 5.91 Å². The summed E-state index contributed by atoms with van der Waals surface area (Å²) in [5, 5.41) is 7.66. The second kappa shape index (κ2) is 9.62. The number of aromatic nitrogens is 2. The fourth-order valence-electron chi connectivity index (χ4n) is 3.08. The third kappa shape index (κ3) is 5.50. The molecular formula is C24H18ClF2N3O2. The minimum absolute atomic E-state index is 0.0238. The van der Waals surface area contributed by atoms with Crippen LogP contribution in [-0.2, 0) is 13.2 Å². The van der Waals surface area contributed by atoms with Gasteiger partial charge in [-0.3, -0.25) is 9.48 Å². The van der Waals surface area contributed by atoms with E-state index in [9.17, 15) is 13.6 Å². The minimum Gasteiger partial charge on any atom is -0.471 e. The maximum atomic E-state index is 13.5. The van der Waals surface area contributed by atoms with Crippen LogP contribution in [0.2, 0.25) is 5.02 Å². The molecule has 5 nitrogen and oxygen atoms in total. The molecule has 1 aromatic heterocycles. The number of rotatable bonds is 7. The van der Waals surface area contributed by atoms with Crippen molar-refractivity contribution < 1.29 is 18.3 Å². The molecule has 8 heteroatoms. The van der Waals surface area contributed by atoms with E-state index in [-0.39, 0.29) is 36.2 Å². The standard InChI is InChI=1S/C24H18ClF2N3O2/c25-18-7-9-21(10-8-18)28-23(31)22-14-30(13-16-3-1-5-19(26)11-16)29-24(22)32-15-17-4-2-6-20(27)12-17/h1-12,14H,13,15H2,(H,28,31). The number of amides is 1. The summed E-state index contributed by atoms with van der Waals surface area (Å²) < 4.78 is 34.2. The summed E-state index contributed by atoms with van der Waals surface area (Å²) in [5.41, 5.74) is 2.00. The van der Waals surface area contributed by atoms with Crippen molar-refractivity contribution in [3.8, 4) is 5.88 Å². The number of nitrogens with one attached hydrogen (secondary N) is 1. The van der Waals surface area contributed by atoms with Crippen molar-refractivity contribution in [3.05, 3.63) is 112 Å². The van der Waals surface area contributed by atoms with Crippen molar-refractivity contribution in [2.45, 2.75) is 13.2 Å². The van der Waals surface area contributed by atoms with E-state index in [1.807, 2.05) is 0 Å². The molecule has 0 spiro atoms. The van der Waals surface area contributed by atoms with Gasteiger partial charge in [-0.2, -0.15) is 0 Å². The van der Waals surface area contributed by atoms with Gasteiger partial charge in [0.1, 0.15) is 23.8 Å². The van der Waals surface area contributed by atoms with Crippen LogP contribution in [0.5, 0.6) is 5.88 Å². The highest BCUT2D eigenvalue weighted by Crippen LogP contribution is 2.22. The van der Waals surface area contributed by atoms with Crippen LogP contribution in [0.1, 0.15) is 21.5 Å². The molecule has 0 unspecified atom stereocenters. The molecule has 4 rings (SSSR count). The summed E-state index contributed by atoms with van der Waals surface area (Å²) in [7, 11) is 0. The van der Waals surface area contributed by atoms with Crippen LogP contribution < -0.4 is 10.1 Å². The average Bonchev–Trinajstić information content (AvgIpc) is 3.17. The number of nitrogens with zero attached hydrogens (tertiary/aromatic N) is 2. The second-order valence-electron chi connectivity index (χ2n) is 7.06. The molecule has 0 bridgehead atoms. The summed E-state index contributed by atoms with van der Waals surface area (Å²) in [6.07, 6.45) is 1.52. The Morgan fingerprint density at radius 2 is 1.62 bits per heavy atom. The summed E-state index contributed by atoms with van der Waals surface area (Å²) in [6.45, 7) is 0.262. The molecular weight excluding hydrogens is 436 g/mol. The van der Waals surface area contributed by atoms with E-state index in [2.05, 4.69) is 10.4 Å². The molecule has 0 radical (unpaired) electrons. The number of benzene rings is 3. The molecule has 162 valence electrons. The van der Waals surface area contributed by atoms with Crippen LogP contribution in [0.15, 0.2) is 79.0 Å². The lowest BCUT2D eigenvalue weighted by atomic mass is 10.2. The highest BCUT2D eigenvalue weighted by atomic mass is 35.5. The Balaban J connectivity index is 1.58. The number of carbonyl (C=O) groups excluding carboxylic acids is 1. The Bertz CT molecular complexity index is 1240. The SMILES string of the molecule is O=C(Nc1ccc(Cl)cc1)c1cn(Cc2cccc(F)c2)nc1OCc1cccc(F)c1. The molecule has 0 aliphatic carbocycles. The summed E-state index contributed by atoms with van der Waals surface area (Å²) in [5.74, 6) is -1.11. The lowest BCUT2D eigenvalue weighted by Gasteiger charge is -2.07. The molecule has 4 aromatic rings. The topological polar surface area (TPSA) is 56.2 Å². The van der Waals surface area contributed by atoms with Crippen molar-refractivity contribution in [3.63, 3.8) is 0 Å². The minimum atomic E-state index is -0.438. The molecule has 3 aromatic carbocycles. The van der Waals surface area contributed by atoms with E-state index in [1.165, 1.54) is 35.1 Å². The maximum absolute atomic E-state index is 13.5. The molecule has 0 saturated carbocycles. The average molecular weight is 454 g/mol. The van der Waals surface area contributed by atoms with Crippen molar-refractivity contribution in [2.24, 2.45) is 0 Å². The molecule has 1 heterocycles. The van der Waals surface area contributed by atoms with E-state index in [0.717, 1.165) is 0 Å². The number of anilines is 1. The van der Waals surface area contributed by atoms with Gasteiger partial charge in [-0.05, 0) is 59.7 Å². The second-order valence-corrected chi connectivity index (χ2v) is 7.49. The van der Waals surface area contributed by atoms with Gasteiger partial charge >= 0.3 is 0 Å². The van der Waals surface area contributed by atoms with Crippen LogP contribution in [0.25, 0.3) is 0 Å². The van der Waals surface area contributed by atoms with Crippen LogP contribution in [0.3, 0.4) is 0 Å². The van der Waals surface area contributed by atoms with Crippen LogP contribution in [0.4, 0.5) is 14.5 Å². The first-order valence-corrected chi connectivity index (χ1v) is 10.1. The van der Waals surface area contributed by atoms with Crippen LogP contribution in [-0.4, -0.2) is 15.7 Å². The van der Waals surface area contributed by atoms with Gasteiger partial charge in [0.15, 0.2) is 0 Å². The number of halogens is 3. The largest absolute Gasteiger partial charge is 0.471 e. The van der Waals surface area contributed by atoms with Gasteiger partial charge in [-0.1, -0.05) is 35.9 Å². The smallest absolute Gasteiger partial charge is 0.262 e. The number of hydrogen-bond acceptors (Lipinski definition) is 3. The Kier molecular flexibility index (Phi) is 6.47. The number of hydrogen-bond donors (Lipinski definition) is 1. The molecule has 0 aliphatic heterocycles. The molecule has 0 fully saturated rings. The van der Waals surface area contributed by atoms with Crippen molar-refractivity contribution in [1.29, 1.82) is 0 Å². The molecule has 0 saturated heterocycles. The summed E-state index contributed by atoms with van der Waals surface area (Å²) >= 11 is 5.89. The van der Waals surface area contributed by atoms with E-state index >= 15 is 0 Å². The van der Waals surface area contributed by atoms with E-state index in [0.29, 0.717) is 21.8 Å². The van der Waals surface area contributed by atoms with Gasteiger partial charge in [0, 0.05) is 16.9 Å². The first-order chi connectivity index (χ1) is 15.5. The lowest BCUT2D eigenvalue weighted by Crippen LogP contribution is -2.12. The van der Waals surface area contributed by atoms with E-state index in [4.69, 9.17) is 16.3 Å². The fourth-order valence-corrected chi connectivity index (χ4v) is 3.21. The molecule has 32 heavy (non-hydrogen) atoms. The predicted octanol–water partition coefficient (Wildman–Crippen LogP) is 5.69. The zero-order chi connectivity index (χ0) is 22.5. The third-order valence-corrected chi connectivity index (χ3v) is 4.82. The van der Waals surface area contributed by atoms with E-state index in [1.54, 1.807) is 48.5 Å². The monoisotopic (exact) mass is 453 g/mol. The predicted molar refractivity (Wildman–Crippen MR) is 118 cm³/mol. The van der Waals surface area contributed by atoms with Gasteiger partial charge in [0.05, 0.1) is 6.54 Å². The zero-order valence-corrected chi connectivity index (χ0v) is 17.5. The fraction of sp³-hybridized carbons (Fsp3) is 0.0833. The first-order valence-electron chi connectivity index (χ1n) is 9.72. The Hall–Kier alpha value is -3.71. The number of carbonyl (C=O) groups is 1. The maximum Gasteiger partial charge on any atom is 0.262 e. The molecule has 0 atom stereocenters. The van der Waals surface area contributed by atoms with Gasteiger partial charge < -0.3 is 10.1 Å². The summed E-state index contributed by atoms with van der Waals surface area (Å²) in [4.78, 5) is 12.9. The van der Waals surface area contributed by atoms with Crippen LogP contribution >= 0.6 is 11.6 Å². The Morgan fingerprint density at radius 3 is 2.31 bits per heavy atom. The molecule has 0 aliphatic rings. The van der Waals surface area contributed by atoms with Gasteiger partial charge in [0.2, 0.25) is 5.88 Å². The highest BCUT2D eigenvalue weighted by molar-refractivity contribution is 6.30. The molecule has 1 amide bonds. The summed E-state index contributed by atoms with van der Waals surface area (Å²) in [6, 6.07) is 18.7. The van der Waals surface area contributed by atoms with Crippen molar-refractivity contribution >= 4 is 23.2 Å². The molecule has 1 N–H and O–H groups in total. The third-order valence-electron chi connectivity index (χ3n) is 4.57. The highest BCUT2D eigenvalue weighted by Gasteiger charge is 2.19. The normalized spacial score (nSPS) is 10.7. The van der Waals surface area contributed by atoms with E-state index < -0.39 is 5.91 Å². The lowest BCUT2D eigenvalue weighted by molar-refractivity contribution is 0.102. The first kappa shape index (κ1) is 21.5. The quantitative estimate of drug-likeness (QED) is 0.391. The Labute approximate surface area is 188 Å². The van der Waals surface area contributed by atoms with Crippen molar-refractivity contribution in [2.75, 3.05) is 5.32 Å². The number of ether oxygens (including phenoxy) is 1. The Morgan fingerprint density at radius 1 is 0.969 bits per heavy atom. The van der Waals surface area contributed by atoms with Crippen LogP contribution in [0, 0.1) is 11.6 Å².